The Kier molecular flexibility index (Phi) is 5.44. The summed E-state index contributed by atoms with van der Waals surface area (Å²) in [4.78, 5) is 30.2. The summed E-state index contributed by atoms with van der Waals surface area (Å²) in [6.45, 7) is 13.0. The maximum atomic E-state index is 13.7. The van der Waals surface area contributed by atoms with Crippen LogP contribution >= 0.6 is 0 Å². The second-order valence-electron chi connectivity index (χ2n) is 10.8. The first kappa shape index (κ1) is 24.0. The lowest BCUT2D eigenvalue weighted by Crippen LogP contribution is -2.49. The molecule has 8 heteroatoms. The maximum absolute atomic E-state index is 13.7. The Hall–Kier alpha value is -3.13. The topological polar surface area (TPSA) is 79.7 Å². The van der Waals surface area contributed by atoms with Crippen LogP contribution in [0.25, 0.3) is 10.9 Å². The number of imide groups is 1. The van der Waals surface area contributed by atoms with E-state index in [1.165, 1.54) is 15.1 Å². The number of hydrogen-bond acceptors (Lipinski definition) is 4. The van der Waals surface area contributed by atoms with Crippen LogP contribution in [0.4, 0.5) is 4.79 Å². The molecule has 0 bridgehead atoms. The molecule has 0 saturated carbocycles. The number of para-hydroxylation sites is 1. The number of aromatic nitrogens is 1. The predicted octanol–water partition coefficient (Wildman–Crippen LogP) is 5.09. The summed E-state index contributed by atoms with van der Waals surface area (Å²) in [5.74, 6) is -0.358. The number of benzene rings is 2. The Balaban J connectivity index is 1.98. The molecule has 3 amide bonds. The number of aryl methyl sites for hydroxylation is 1. The Morgan fingerprint density at radius 1 is 0.824 bits per heavy atom. The highest BCUT2D eigenvalue weighted by Gasteiger charge is 2.54. The second-order valence-corrected chi connectivity index (χ2v) is 12.6. The van der Waals surface area contributed by atoms with Gasteiger partial charge in [0.25, 0.3) is 15.9 Å². The summed E-state index contributed by atoms with van der Waals surface area (Å²) >= 11 is 0. The van der Waals surface area contributed by atoms with Crippen LogP contribution in [0, 0.1) is 6.92 Å². The molecule has 0 spiro atoms. The number of amides is 3. The van der Waals surface area contributed by atoms with Crippen molar-refractivity contribution in [2.75, 3.05) is 0 Å². The van der Waals surface area contributed by atoms with Crippen molar-refractivity contribution < 1.29 is 18.0 Å². The first-order valence-corrected chi connectivity index (χ1v) is 12.7. The van der Waals surface area contributed by atoms with E-state index >= 15 is 0 Å². The monoisotopic (exact) mass is 481 g/mol. The Morgan fingerprint density at radius 2 is 1.41 bits per heavy atom. The average Bonchev–Trinajstić information content (AvgIpc) is 3.22. The zero-order chi connectivity index (χ0) is 25.2. The molecular formula is C26H31N3O4S. The molecule has 1 aromatic heterocycles. The van der Waals surface area contributed by atoms with Gasteiger partial charge in [0.15, 0.2) is 0 Å². The van der Waals surface area contributed by atoms with Crippen LogP contribution in [-0.2, 0) is 14.8 Å². The van der Waals surface area contributed by atoms with E-state index in [1.54, 1.807) is 53.4 Å². The first-order chi connectivity index (χ1) is 15.7. The molecule has 0 N–H and O–H groups in total. The largest absolute Gasteiger partial charge is 0.328 e. The van der Waals surface area contributed by atoms with E-state index in [1.807, 2.05) is 48.5 Å². The number of nitrogens with zero attached hydrogens (tertiary/aromatic N) is 3. The number of carbonyl (C=O) groups is 2. The summed E-state index contributed by atoms with van der Waals surface area (Å²) in [6.07, 6.45) is 1.50. The molecular weight excluding hydrogens is 450 g/mol. The van der Waals surface area contributed by atoms with Gasteiger partial charge in [-0.1, -0.05) is 35.9 Å². The SMILES string of the molecule is Cc1ccc(S(=O)(=O)n2cc(C3C(=O)N(C(C)(C)C)C(=O)N3C(C)(C)C)c3ccccc32)cc1. The first-order valence-electron chi connectivity index (χ1n) is 11.3. The van der Waals surface area contributed by atoms with E-state index in [0.717, 1.165) is 5.56 Å². The van der Waals surface area contributed by atoms with Gasteiger partial charge in [-0.25, -0.2) is 17.2 Å². The molecule has 180 valence electrons. The van der Waals surface area contributed by atoms with Gasteiger partial charge in [-0.2, -0.15) is 0 Å². The van der Waals surface area contributed by atoms with Crippen LogP contribution in [-0.4, -0.2) is 45.2 Å². The summed E-state index contributed by atoms with van der Waals surface area (Å²) in [7, 11) is -3.93. The molecule has 7 nitrogen and oxygen atoms in total. The maximum Gasteiger partial charge on any atom is 0.328 e. The normalized spacial score (nSPS) is 17.8. The van der Waals surface area contributed by atoms with Crippen molar-refractivity contribution in [1.29, 1.82) is 0 Å². The van der Waals surface area contributed by atoms with Crippen LogP contribution in [0.2, 0.25) is 0 Å². The van der Waals surface area contributed by atoms with Crippen molar-refractivity contribution in [3.63, 3.8) is 0 Å². The lowest BCUT2D eigenvalue weighted by molar-refractivity contribution is -0.131. The van der Waals surface area contributed by atoms with Crippen LogP contribution in [0.15, 0.2) is 59.6 Å². The summed E-state index contributed by atoms with van der Waals surface area (Å²) in [5.41, 5.74) is 0.512. The molecule has 0 radical (unpaired) electrons. The highest BCUT2D eigenvalue weighted by molar-refractivity contribution is 7.90. The molecule has 1 aliphatic heterocycles. The average molecular weight is 482 g/mol. The third-order valence-electron chi connectivity index (χ3n) is 6.08. The van der Waals surface area contributed by atoms with Gasteiger partial charge in [0, 0.05) is 28.2 Å². The zero-order valence-corrected chi connectivity index (χ0v) is 21.5. The zero-order valence-electron chi connectivity index (χ0n) is 20.7. The minimum Gasteiger partial charge on any atom is -0.303 e. The van der Waals surface area contributed by atoms with Gasteiger partial charge in [0.05, 0.1) is 10.4 Å². The quantitative estimate of drug-likeness (QED) is 0.488. The fourth-order valence-electron chi connectivity index (χ4n) is 4.52. The highest BCUT2D eigenvalue weighted by atomic mass is 32.2. The Morgan fingerprint density at radius 3 is 1.97 bits per heavy atom. The number of fused-ring (bicyclic) bond motifs is 1. The van der Waals surface area contributed by atoms with Gasteiger partial charge in [0.1, 0.15) is 6.04 Å². The minimum atomic E-state index is -3.93. The second kappa shape index (κ2) is 7.70. The van der Waals surface area contributed by atoms with Crippen molar-refractivity contribution in [3.05, 3.63) is 65.9 Å². The van der Waals surface area contributed by atoms with Gasteiger partial charge in [-0.05, 0) is 66.7 Å². The Bertz CT molecular complexity index is 1390. The molecule has 1 aliphatic rings. The van der Waals surface area contributed by atoms with E-state index in [4.69, 9.17) is 0 Å². The molecule has 34 heavy (non-hydrogen) atoms. The van der Waals surface area contributed by atoms with Crippen molar-refractivity contribution >= 4 is 32.9 Å². The van der Waals surface area contributed by atoms with Gasteiger partial charge < -0.3 is 4.90 Å². The van der Waals surface area contributed by atoms with Crippen molar-refractivity contribution in [2.24, 2.45) is 0 Å². The van der Waals surface area contributed by atoms with E-state index in [9.17, 15) is 18.0 Å². The van der Waals surface area contributed by atoms with E-state index < -0.39 is 27.1 Å². The molecule has 1 saturated heterocycles. The van der Waals surface area contributed by atoms with Crippen molar-refractivity contribution in [1.82, 2.24) is 13.8 Å². The van der Waals surface area contributed by atoms with E-state index in [-0.39, 0.29) is 16.8 Å². The fourth-order valence-corrected chi connectivity index (χ4v) is 5.90. The van der Waals surface area contributed by atoms with E-state index in [2.05, 4.69) is 0 Å². The summed E-state index contributed by atoms with van der Waals surface area (Å²) in [5, 5.41) is 0.620. The standard InChI is InChI=1S/C26H31N3O4S/c1-17-12-14-18(15-13-17)34(32,33)27-16-20(19-10-8-9-11-21(19)27)22-23(30)29(26(5,6)7)24(31)28(22)25(2,3)4/h8-16,22H,1-7H3. The van der Waals surface area contributed by atoms with Crippen LogP contribution in [0.5, 0.6) is 0 Å². The Labute approximate surface area is 201 Å². The van der Waals surface area contributed by atoms with Gasteiger partial charge in [0.2, 0.25) is 0 Å². The summed E-state index contributed by atoms with van der Waals surface area (Å²) in [6, 6.07) is 12.4. The van der Waals surface area contributed by atoms with Gasteiger partial charge in [-0.3, -0.25) is 9.69 Å². The highest BCUT2D eigenvalue weighted by Crippen LogP contribution is 2.43. The molecule has 2 aromatic carbocycles. The lowest BCUT2D eigenvalue weighted by atomic mass is 9.98. The number of rotatable bonds is 3. The summed E-state index contributed by atoms with van der Waals surface area (Å²) < 4.78 is 28.5. The van der Waals surface area contributed by atoms with Crippen LogP contribution < -0.4 is 0 Å². The fraction of sp³-hybridized carbons (Fsp3) is 0.385. The third-order valence-corrected chi connectivity index (χ3v) is 7.77. The van der Waals surface area contributed by atoms with Crippen molar-refractivity contribution in [2.45, 2.75) is 70.5 Å². The number of urea groups is 1. The smallest absolute Gasteiger partial charge is 0.303 e. The third kappa shape index (κ3) is 3.70. The van der Waals surface area contributed by atoms with Gasteiger partial charge >= 0.3 is 6.03 Å². The predicted molar refractivity (Wildman–Crippen MR) is 132 cm³/mol. The number of hydrogen-bond donors (Lipinski definition) is 0. The molecule has 2 heterocycles. The van der Waals surface area contributed by atoms with Crippen LogP contribution in [0.1, 0.15) is 58.7 Å². The van der Waals surface area contributed by atoms with Crippen LogP contribution in [0.3, 0.4) is 0 Å². The number of carbonyl (C=O) groups excluding carboxylic acids is 2. The lowest BCUT2D eigenvalue weighted by Gasteiger charge is -2.36. The minimum absolute atomic E-state index is 0.156. The molecule has 4 rings (SSSR count). The van der Waals surface area contributed by atoms with Gasteiger partial charge in [-0.15, -0.1) is 0 Å². The molecule has 1 fully saturated rings. The molecule has 1 unspecified atom stereocenters. The van der Waals surface area contributed by atoms with E-state index in [0.29, 0.717) is 16.5 Å². The molecule has 0 aliphatic carbocycles. The van der Waals surface area contributed by atoms with Crippen molar-refractivity contribution in [3.8, 4) is 0 Å². The molecule has 3 aromatic rings. The molecule has 1 atom stereocenters.